The van der Waals surface area contributed by atoms with Gasteiger partial charge in [0.1, 0.15) is 11.5 Å². The van der Waals surface area contributed by atoms with Gasteiger partial charge in [0, 0.05) is 16.1 Å². The van der Waals surface area contributed by atoms with Crippen molar-refractivity contribution in [2.24, 2.45) is 0 Å². The first kappa shape index (κ1) is 21.8. The van der Waals surface area contributed by atoms with Crippen LogP contribution in [0.4, 0.5) is 13.2 Å². The summed E-state index contributed by atoms with van der Waals surface area (Å²) in [6, 6.07) is 12.9. The van der Waals surface area contributed by atoms with Crippen molar-refractivity contribution in [1.82, 2.24) is 0 Å². The van der Waals surface area contributed by atoms with Gasteiger partial charge in [-0.1, -0.05) is 23.7 Å². The van der Waals surface area contributed by atoms with Crippen LogP contribution in [-0.2, 0) is 23.8 Å². The number of carboxylic acid groups (broad SMARTS) is 1. The summed E-state index contributed by atoms with van der Waals surface area (Å²) < 4.78 is 50.7. The zero-order valence-corrected chi connectivity index (χ0v) is 16.7. The summed E-state index contributed by atoms with van der Waals surface area (Å²) in [6.45, 7) is 1.29. The molecule has 0 saturated carbocycles. The maximum Gasteiger partial charge on any atom is 0.449 e. The second kappa shape index (κ2) is 8.83. The van der Waals surface area contributed by atoms with E-state index in [-0.39, 0.29) is 17.7 Å². The lowest BCUT2D eigenvalue weighted by Crippen LogP contribution is -2.10. The Hall–Kier alpha value is -2.93. The van der Waals surface area contributed by atoms with Gasteiger partial charge in [-0.2, -0.15) is 13.2 Å². The van der Waals surface area contributed by atoms with Gasteiger partial charge >= 0.3 is 12.1 Å². The second-order valence-electron chi connectivity index (χ2n) is 6.75. The predicted octanol–water partition coefficient (Wildman–Crippen LogP) is 6.18. The standard InChI is InChI=1S/C22H18ClF3O4/c1-13-10-14(3-9-18(13)29-12-20(27)28)2-4-16-11-19(30-21(16)22(24,25)26)15-5-7-17(23)8-6-15/h3,5-11H,2,4,12H2,1H3,(H,27,28). The Morgan fingerprint density at radius 3 is 2.40 bits per heavy atom. The molecule has 3 aromatic rings. The molecule has 4 nitrogen and oxygen atoms in total. The van der Waals surface area contributed by atoms with E-state index >= 15 is 0 Å². The fourth-order valence-corrected chi connectivity index (χ4v) is 3.18. The first-order valence-electron chi connectivity index (χ1n) is 9.03. The average Bonchev–Trinajstić information content (AvgIpc) is 3.11. The van der Waals surface area contributed by atoms with Crippen molar-refractivity contribution >= 4 is 17.6 Å². The molecule has 0 spiro atoms. The molecule has 0 atom stereocenters. The first-order valence-corrected chi connectivity index (χ1v) is 9.41. The number of rotatable bonds is 7. The molecule has 1 N–H and O–H groups in total. The monoisotopic (exact) mass is 438 g/mol. The molecule has 158 valence electrons. The number of hydrogen-bond acceptors (Lipinski definition) is 3. The minimum absolute atomic E-state index is 0.0660. The van der Waals surface area contributed by atoms with E-state index < -0.39 is 24.5 Å². The third-order valence-corrected chi connectivity index (χ3v) is 4.72. The number of carboxylic acids is 1. The summed E-state index contributed by atoms with van der Waals surface area (Å²) in [4.78, 5) is 10.6. The van der Waals surface area contributed by atoms with Gasteiger partial charge in [0.2, 0.25) is 5.76 Å². The SMILES string of the molecule is Cc1cc(CCc2cc(-c3ccc(Cl)cc3)oc2C(F)(F)F)ccc1OCC(=O)O. The number of benzene rings is 2. The smallest absolute Gasteiger partial charge is 0.449 e. The summed E-state index contributed by atoms with van der Waals surface area (Å²) in [5.74, 6) is -1.55. The number of furan rings is 1. The van der Waals surface area contributed by atoms with Gasteiger partial charge in [0.05, 0.1) is 0 Å². The van der Waals surface area contributed by atoms with E-state index in [0.29, 0.717) is 28.3 Å². The largest absolute Gasteiger partial charge is 0.482 e. The van der Waals surface area contributed by atoms with Crippen LogP contribution >= 0.6 is 11.6 Å². The predicted molar refractivity (Wildman–Crippen MR) is 106 cm³/mol. The van der Waals surface area contributed by atoms with Crippen LogP contribution in [0.1, 0.15) is 22.5 Å². The summed E-state index contributed by atoms with van der Waals surface area (Å²) in [5.41, 5.74) is 2.08. The van der Waals surface area contributed by atoms with Crippen LogP contribution in [0.25, 0.3) is 11.3 Å². The van der Waals surface area contributed by atoms with Gasteiger partial charge in [-0.25, -0.2) is 4.79 Å². The molecule has 0 unspecified atom stereocenters. The molecule has 0 amide bonds. The quantitative estimate of drug-likeness (QED) is 0.478. The van der Waals surface area contributed by atoms with Crippen LogP contribution in [0.2, 0.25) is 5.02 Å². The molecule has 3 rings (SSSR count). The highest BCUT2D eigenvalue weighted by Gasteiger charge is 2.38. The van der Waals surface area contributed by atoms with E-state index in [2.05, 4.69) is 0 Å². The van der Waals surface area contributed by atoms with Crippen LogP contribution < -0.4 is 4.74 Å². The highest BCUT2D eigenvalue weighted by molar-refractivity contribution is 6.30. The van der Waals surface area contributed by atoms with Gasteiger partial charge in [-0.15, -0.1) is 0 Å². The van der Waals surface area contributed by atoms with Crippen molar-refractivity contribution < 1.29 is 32.2 Å². The molecule has 1 aromatic heterocycles. The van der Waals surface area contributed by atoms with E-state index in [9.17, 15) is 18.0 Å². The van der Waals surface area contributed by atoms with Crippen LogP contribution in [0, 0.1) is 6.92 Å². The van der Waals surface area contributed by atoms with Crippen LogP contribution in [0.3, 0.4) is 0 Å². The Morgan fingerprint density at radius 2 is 1.80 bits per heavy atom. The highest BCUT2D eigenvalue weighted by Crippen LogP contribution is 2.38. The van der Waals surface area contributed by atoms with Crippen molar-refractivity contribution in [3.05, 3.63) is 76.0 Å². The Kier molecular flexibility index (Phi) is 6.41. The zero-order valence-electron chi connectivity index (χ0n) is 15.9. The number of alkyl halides is 3. The molecular formula is C22H18ClF3O4. The maximum absolute atomic E-state index is 13.5. The summed E-state index contributed by atoms with van der Waals surface area (Å²) in [6.07, 6.45) is -4.13. The van der Waals surface area contributed by atoms with E-state index in [0.717, 1.165) is 5.56 Å². The Morgan fingerprint density at radius 1 is 1.10 bits per heavy atom. The number of carbonyl (C=O) groups is 1. The Balaban J connectivity index is 1.79. The molecule has 0 aliphatic carbocycles. The zero-order chi connectivity index (χ0) is 21.9. The summed E-state index contributed by atoms with van der Waals surface area (Å²) in [5, 5.41) is 9.17. The Labute approximate surface area is 175 Å². The minimum atomic E-state index is -4.61. The minimum Gasteiger partial charge on any atom is -0.482 e. The van der Waals surface area contributed by atoms with Crippen molar-refractivity contribution in [2.75, 3.05) is 6.61 Å². The van der Waals surface area contributed by atoms with E-state index in [1.165, 1.54) is 6.07 Å². The molecule has 0 saturated heterocycles. The lowest BCUT2D eigenvalue weighted by Gasteiger charge is -2.10. The molecule has 0 radical (unpaired) electrons. The average molecular weight is 439 g/mol. The van der Waals surface area contributed by atoms with Gasteiger partial charge in [-0.05, 0) is 67.3 Å². The normalized spacial score (nSPS) is 11.5. The second-order valence-corrected chi connectivity index (χ2v) is 7.19. The van der Waals surface area contributed by atoms with Crippen LogP contribution in [0.5, 0.6) is 5.75 Å². The fraction of sp³-hybridized carbons (Fsp3) is 0.227. The lowest BCUT2D eigenvalue weighted by atomic mass is 10.0. The van der Waals surface area contributed by atoms with E-state index in [1.807, 2.05) is 0 Å². The lowest BCUT2D eigenvalue weighted by molar-refractivity contribution is -0.153. The molecule has 0 aliphatic heterocycles. The molecule has 8 heteroatoms. The first-order chi connectivity index (χ1) is 14.1. The van der Waals surface area contributed by atoms with Crippen molar-refractivity contribution in [2.45, 2.75) is 25.9 Å². The molecule has 0 bridgehead atoms. The Bertz CT molecular complexity index is 1040. The molecule has 2 aromatic carbocycles. The molecule has 30 heavy (non-hydrogen) atoms. The number of halogens is 4. The van der Waals surface area contributed by atoms with Gasteiger partial charge in [0.15, 0.2) is 6.61 Å². The number of hydrogen-bond donors (Lipinski definition) is 1. The molecule has 1 heterocycles. The topological polar surface area (TPSA) is 59.7 Å². The molecule has 0 aliphatic rings. The van der Waals surface area contributed by atoms with Crippen molar-refractivity contribution in [3.8, 4) is 17.1 Å². The van der Waals surface area contributed by atoms with E-state index in [4.69, 9.17) is 25.9 Å². The third kappa shape index (κ3) is 5.36. The number of aliphatic carboxylic acids is 1. The maximum atomic E-state index is 13.5. The van der Waals surface area contributed by atoms with Crippen molar-refractivity contribution in [1.29, 1.82) is 0 Å². The van der Waals surface area contributed by atoms with Crippen LogP contribution in [0.15, 0.2) is 52.9 Å². The number of aryl methyl sites for hydroxylation is 3. The fourth-order valence-electron chi connectivity index (χ4n) is 3.06. The highest BCUT2D eigenvalue weighted by atomic mass is 35.5. The van der Waals surface area contributed by atoms with Gasteiger partial charge < -0.3 is 14.3 Å². The number of ether oxygens (including phenoxy) is 1. The summed E-state index contributed by atoms with van der Waals surface area (Å²) >= 11 is 5.84. The van der Waals surface area contributed by atoms with E-state index in [1.54, 1.807) is 49.4 Å². The van der Waals surface area contributed by atoms with Crippen LogP contribution in [-0.4, -0.2) is 17.7 Å². The third-order valence-electron chi connectivity index (χ3n) is 4.47. The molecule has 0 fully saturated rings. The van der Waals surface area contributed by atoms with Gasteiger partial charge in [0.25, 0.3) is 0 Å². The van der Waals surface area contributed by atoms with Crippen molar-refractivity contribution in [3.63, 3.8) is 0 Å². The van der Waals surface area contributed by atoms with Gasteiger partial charge in [-0.3, -0.25) is 0 Å². The molecular weight excluding hydrogens is 421 g/mol. The summed E-state index contributed by atoms with van der Waals surface area (Å²) in [7, 11) is 0.